The summed E-state index contributed by atoms with van der Waals surface area (Å²) < 4.78 is 5.24. The highest BCUT2D eigenvalue weighted by molar-refractivity contribution is 7.98. The number of carbonyl (C=O) groups excluding carboxylic acids is 1. The van der Waals surface area contributed by atoms with Gasteiger partial charge in [0.25, 0.3) is 0 Å². The number of aromatic amines is 1. The second kappa shape index (κ2) is 6.11. The number of thioether (sulfide) groups is 1. The largest absolute Gasteiger partial charge is 0.465 e. The molecule has 0 amide bonds. The lowest BCUT2D eigenvalue weighted by molar-refractivity contribution is 0.0606. The molecular formula is C12H10ClN5O2S2. The zero-order valence-corrected chi connectivity index (χ0v) is 13.7. The van der Waals surface area contributed by atoms with Crippen LogP contribution in [0.4, 0.5) is 5.82 Å². The topological polar surface area (TPSA) is 107 Å². The Morgan fingerprint density at radius 3 is 3.09 bits per heavy atom. The number of nitrogen functional groups attached to an aromatic ring is 1. The van der Waals surface area contributed by atoms with Gasteiger partial charge in [0.15, 0.2) is 16.6 Å². The summed E-state index contributed by atoms with van der Waals surface area (Å²) in [5.74, 6) is 0.514. The third-order valence-corrected chi connectivity index (χ3v) is 5.15. The molecule has 0 aromatic carbocycles. The van der Waals surface area contributed by atoms with Crippen LogP contribution in [0, 0.1) is 0 Å². The predicted octanol–water partition coefficient (Wildman–Crippen LogP) is 2.73. The van der Waals surface area contributed by atoms with Crippen LogP contribution in [0.15, 0.2) is 17.6 Å². The van der Waals surface area contributed by atoms with Crippen molar-refractivity contribution in [2.24, 2.45) is 0 Å². The summed E-state index contributed by atoms with van der Waals surface area (Å²) in [5, 5.41) is 0.657. The first-order chi connectivity index (χ1) is 10.6. The number of halogens is 1. The molecule has 10 heteroatoms. The van der Waals surface area contributed by atoms with E-state index in [0.717, 1.165) is 5.56 Å². The molecule has 0 aliphatic rings. The van der Waals surface area contributed by atoms with E-state index < -0.39 is 5.97 Å². The number of nitrogens with zero attached hydrogens (tertiary/aromatic N) is 3. The Kier molecular flexibility index (Phi) is 4.19. The lowest BCUT2D eigenvalue weighted by atomic mass is 10.3. The number of nitrogens with one attached hydrogen (secondary N) is 1. The third-order valence-electron chi connectivity index (χ3n) is 2.80. The van der Waals surface area contributed by atoms with Crippen molar-refractivity contribution in [1.82, 2.24) is 19.9 Å². The van der Waals surface area contributed by atoms with E-state index in [1.165, 1.54) is 36.5 Å². The van der Waals surface area contributed by atoms with Crippen molar-refractivity contribution in [2.75, 3.05) is 12.8 Å². The Bertz CT molecular complexity index is 847. The molecule has 3 heterocycles. The average Bonchev–Trinajstić information content (AvgIpc) is 3.08. The number of thiophene rings is 1. The fraction of sp³-hybridized carbons (Fsp3) is 0.167. The molecule has 0 aliphatic heterocycles. The van der Waals surface area contributed by atoms with Gasteiger partial charge in [0.05, 0.1) is 11.4 Å². The summed E-state index contributed by atoms with van der Waals surface area (Å²) >= 11 is 8.77. The maximum Gasteiger partial charge on any atom is 0.348 e. The van der Waals surface area contributed by atoms with Crippen molar-refractivity contribution in [1.29, 1.82) is 0 Å². The zero-order chi connectivity index (χ0) is 15.7. The van der Waals surface area contributed by atoms with Crippen LogP contribution in [0.5, 0.6) is 0 Å². The fourth-order valence-corrected chi connectivity index (χ4v) is 3.96. The number of anilines is 1. The number of rotatable bonds is 4. The summed E-state index contributed by atoms with van der Waals surface area (Å²) in [7, 11) is 1.34. The van der Waals surface area contributed by atoms with Crippen molar-refractivity contribution in [3.8, 4) is 0 Å². The summed E-state index contributed by atoms with van der Waals surface area (Å²) in [6, 6.07) is 1.72. The molecule has 114 valence electrons. The van der Waals surface area contributed by atoms with Gasteiger partial charge < -0.3 is 15.5 Å². The first-order valence-corrected chi connectivity index (χ1v) is 8.22. The van der Waals surface area contributed by atoms with Crippen molar-refractivity contribution in [2.45, 2.75) is 10.9 Å². The number of H-pyrrole nitrogens is 1. The molecule has 3 aromatic heterocycles. The van der Waals surface area contributed by atoms with Crippen LogP contribution in [-0.4, -0.2) is 33.0 Å². The molecule has 3 aromatic rings. The molecule has 0 spiro atoms. The van der Waals surface area contributed by atoms with Crippen molar-refractivity contribution >= 4 is 57.7 Å². The monoisotopic (exact) mass is 355 g/mol. The van der Waals surface area contributed by atoms with Crippen LogP contribution in [0.3, 0.4) is 0 Å². The molecule has 0 saturated carbocycles. The van der Waals surface area contributed by atoms with E-state index in [1.54, 1.807) is 6.07 Å². The summed E-state index contributed by atoms with van der Waals surface area (Å²) in [6.45, 7) is 0. The number of imidazole rings is 1. The third kappa shape index (κ3) is 2.87. The van der Waals surface area contributed by atoms with E-state index >= 15 is 0 Å². The molecule has 7 nitrogen and oxygen atoms in total. The minimum absolute atomic E-state index is 0.353. The van der Waals surface area contributed by atoms with Gasteiger partial charge in [0, 0.05) is 5.75 Å². The van der Waals surface area contributed by atoms with E-state index in [-0.39, 0.29) is 0 Å². The minimum Gasteiger partial charge on any atom is -0.465 e. The highest BCUT2D eigenvalue weighted by Gasteiger charge is 2.15. The summed E-state index contributed by atoms with van der Waals surface area (Å²) in [4.78, 5) is 27.3. The van der Waals surface area contributed by atoms with E-state index in [1.807, 2.05) is 0 Å². The second-order valence-corrected chi connectivity index (χ2v) is 6.81. The van der Waals surface area contributed by atoms with Gasteiger partial charge in [-0.2, -0.15) is 0 Å². The summed E-state index contributed by atoms with van der Waals surface area (Å²) in [5.41, 5.74) is 7.72. The van der Waals surface area contributed by atoms with Crippen molar-refractivity contribution < 1.29 is 9.53 Å². The SMILES string of the molecule is COC(=O)c1cc(CSc2nc3ncnc(N)c3[nH]2)c(Cl)s1. The molecule has 22 heavy (non-hydrogen) atoms. The molecular weight excluding hydrogens is 346 g/mol. The van der Waals surface area contributed by atoms with Gasteiger partial charge in [0.2, 0.25) is 0 Å². The van der Waals surface area contributed by atoms with E-state index in [4.69, 9.17) is 17.3 Å². The van der Waals surface area contributed by atoms with Gasteiger partial charge in [-0.1, -0.05) is 23.4 Å². The van der Waals surface area contributed by atoms with Gasteiger partial charge in [0.1, 0.15) is 16.7 Å². The number of aromatic nitrogens is 4. The van der Waals surface area contributed by atoms with Crippen LogP contribution in [0.25, 0.3) is 11.2 Å². The molecule has 0 bridgehead atoms. The highest BCUT2D eigenvalue weighted by Crippen LogP contribution is 2.33. The number of hydrogen-bond donors (Lipinski definition) is 2. The van der Waals surface area contributed by atoms with E-state index in [9.17, 15) is 4.79 Å². The number of carbonyl (C=O) groups is 1. The molecule has 3 N–H and O–H groups in total. The second-order valence-electron chi connectivity index (χ2n) is 4.19. The minimum atomic E-state index is -0.394. The maximum absolute atomic E-state index is 11.5. The van der Waals surface area contributed by atoms with Gasteiger partial charge in [-0.05, 0) is 11.6 Å². The van der Waals surface area contributed by atoms with Gasteiger partial charge >= 0.3 is 5.97 Å². The fourth-order valence-electron chi connectivity index (χ4n) is 1.75. The average molecular weight is 356 g/mol. The normalized spacial score (nSPS) is 11.0. The number of fused-ring (bicyclic) bond motifs is 1. The first-order valence-electron chi connectivity index (χ1n) is 6.04. The predicted molar refractivity (Wildman–Crippen MR) is 86.3 cm³/mol. The number of hydrogen-bond acceptors (Lipinski definition) is 8. The molecule has 0 atom stereocenters. The Morgan fingerprint density at radius 1 is 1.55 bits per heavy atom. The Balaban J connectivity index is 1.78. The van der Waals surface area contributed by atoms with Gasteiger partial charge in [-0.15, -0.1) is 11.3 Å². The van der Waals surface area contributed by atoms with Gasteiger partial charge in [-0.25, -0.2) is 19.7 Å². The zero-order valence-electron chi connectivity index (χ0n) is 11.3. The lowest BCUT2D eigenvalue weighted by Crippen LogP contribution is -1.97. The standard InChI is InChI=1S/C12H10ClN5O2S2/c1-20-11(19)6-2-5(8(13)22-6)3-21-12-17-7-9(14)15-4-16-10(7)18-12/h2,4H,3H2,1H3,(H3,14,15,16,17,18). The van der Waals surface area contributed by atoms with Crippen LogP contribution in [-0.2, 0) is 10.5 Å². The Labute approximate surface area is 138 Å². The van der Waals surface area contributed by atoms with Crippen LogP contribution < -0.4 is 5.73 Å². The number of nitrogens with two attached hydrogens (primary N) is 1. The summed E-state index contributed by atoms with van der Waals surface area (Å²) in [6.07, 6.45) is 1.37. The Morgan fingerprint density at radius 2 is 2.36 bits per heavy atom. The molecule has 0 fully saturated rings. The molecule has 0 unspecified atom stereocenters. The van der Waals surface area contributed by atoms with E-state index in [2.05, 4.69) is 24.7 Å². The molecule has 0 radical (unpaired) electrons. The lowest BCUT2D eigenvalue weighted by Gasteiger charge is -1.96. The number of esters is 1. The quantitative estimate of drug-likeness (QED) is 0.547. The molecule has 0 aliphatic carbocycles. The van der Waals surface area contributed by atoms with Crippen molar-refractivity contribution in [3.63, 3.8) is 0 Å². The van der Waals surface area contributed by atoms with Gasteiger partial charge in [-0.3, -0.25) is 0 Å². The first kappa shape index (κ1) is 15.1. The maximum atomic E-state index is 11.5. The van der Waals surface area contributed by atoms with Crippen LogP contribution in [0.2, 0.25) is 4.34 Å². The molecule has 3 rings (SSSR count). The van der Waals surface area contributed by atoms with E-state index in [0.29, 0.717) is 37.1 Å². The molecule has 0 saturated heterocycles. The van der Waals surface area contributed by atoms with Crippen LogP contribution in [0.1, 0.15) is 15.2 Å². The highest BCUT2D eigenvalue weighted by atomic mass is 35.5. The van der Waals surface area contributed by atoms with Crippen LogP contribution >= 0.6 is 34.7 Å². The number of ether oxygens (including phenoxy) is 1. The Hall–Kier alpha value is -1.84. The number of methoxy groups -OCH3 is 1. The smallest absolute Gasteiger partial charge is 0.348 e. The van der Waals surface area contributed by atoms with Crippen molar-refractivity contribution in [3.05, 3.63) is 27.2 Å².